The average molecular weight is 125 g/mol. The Bertz CT molecular complexity index is 118. The Balaban J connectivity index is 2.51. The van der Waals surface area contributed by atoms with E-state index in [0.29, 0.717) is 0 Å². The SMILES string of the molecule is CCC1C=CN(C)C1C. The molecule has 9 heavy (non-hydrogen) atoms. The van der Waals surface area contributed by atoms with E-state index in [4.69, 9.17) is 0 Å². The van der Waals surface area contributed by atoms with E-state index >= 15 is 0 Å². The molecule has 0 fully saturated rings. The lowest BCUT2D eigenvalue weighted by molar-refractivity contribution is 0.316. The third-order valence-corrected chi connectivity index (χ3v) is 2.30. The minimum Gasteiger partial charge on any atom is -0.377 e. The van der Waals surface area contributed by atoms with Crippen LogP contribution in [-0.2, 0) is 0 Å². The maximum atomic E-state index is 2.30. The Hall–Kier alpha value is -0.460. The molecule has 0 aliphatic carbocycles. The maximum absolute atomic E-state index is 2.30. The molecule has 0 N–H and O–H groups in total. The first-order valence-corrected chi connectivity index (χ1v) is 3.66. The average Bonchev–Trinajstić information content (AvgIpc) is 2.15. The number of hydrogen-bond acceptors (Lipinski definition) is 1. The van der Waals surface area contributed by atoms with Gasteiger partial charge in [-0.3, -0.25) is 0 Å². The van der Waals surface area contributed by atoms with Crippen molar-refractivity contribution in [2.24, 2.45) is 5.92 Å². The predicted molar refractivity (Wildman–Crippen MR) is 40.1 cm³/mol. The molecule has 1 heteroatoms. The van der Waals surface area contributed by atoms with Crippen LogP contribution in [0.15, 0.2) is 12.3 Å². The van der Waals surface area contributed by atoms with Gasteiger partial charge in [0.05, 0.1) is 0 Å². The van der Waals surface area contributed by atoms with Gasteiger partial charge in [0.25, 0.3) is 0 Å². The maximum Gasteiger partial charge on any atom is 0.0316 e. The highest BCUT2D eigenvalue weighted by atomic mass is 15.1. The lowest BCUT2D eigenvalue weighted by Crippen LogP contribution is -2.24. The summed E-state index contributed by atoms with van der Waals surface area (Å²) in [6.45, 7) is 4.51. The van der Waals surface area contributed by atoms with Gasteiger partial charge in [-0.2, -0.15) is 0 Å². The molecule has 1 heterocycles. The van der Waals surface area contributed by atoms with Crippen LogP contribution >= 0.6 is 0 Å². The lowest BCUT2D eigenvalue weighted by Gasteiger charge is -2.20. The van der Waals surface area contributed by atoms with E-state index in [0.717, 1.165) is 12.0 Å². The van der Waals surface area contributed by atoms with Crippen molar-refractivity contribution < 1.29 is 0 Å². The van der Waals surface area contributed by atoms with Crippen LogP contribution in [0.3, 0.4) is 0 Å². The Morgan fingerprint density at radius 3 is 2.44 bits per heavy atom. The van der Waals surface area contributed by atoms with Crippen LogP contribution in [0.4, 0.5) is 0 Å². The van der Waals surface area contributed by atoms with Crippen LogP contribution in [0.25, 0.3) is 0 Å². The van der Waals surface area contributed by atoms with Crippen LogP contribution < -0.4 is 0 Å². The molecule has 1 rings (SSSR count). The third kappa shape index (κ3) is 1.09. The molecule has 0 amide bonds. The van der Waals surface area contributed by atoms with Gasteiger partial charge in [-0.1, -0.05) is 13.0 Å². The fourth-order valence-electron chi connectivity index (χ4n) is 1.32. The van der Waals surface area contributed by atoms with Gasteiger partial charge >= 0.3 is 0 Å². The molecule has 0 saturated carbocycles. The molecular weight excluding hydrogens is 110 g/mol. The molecule has 0 radical (unpaired) electrons. The largest absolute Gasteiger partial charge is 0.377 e. The summed E-state index contributed by atoms with van der Waals surface area (Å²) < 4.78 is 0. The van der Waals surface area contributed by atoms with Gasteiger partial charge in [-0.25, -0.2) is 0 Å². The van der Waals surface area contributed by atoms with E-state index < -0.39 is 0 Å². The molecule has 1 aliphatic rings. The summed E-state index contributed by atoms with van der Waals surface area (Å²) in [5.74, 6) is 0.787. The molecule has 1 nitrogen and oxygen atoms in total. The summed E-state index contributed by atoms with van der Waals surface area (Å²) in [6, 6.07) is 0.718. The number of hydrogen-bond donors (Lipinski definition) is 0. The van der Waals surface area contributed by atoms with Gasteiger partial charge in [0, 0.05) is 13.1 Å². The molecule has 0 saturated heterocycles. The zero-order valence-corrected chi connectivity index (χ0v) is 6.46. The fraction of sp³-hybridized carbons (Fsp3) is 0.750. The van der Waals surface area contributed by atoms with Gasteiger partial charge in [0.1, 0.15) is 0 Å². The summed E-state index contributed by atoms with van der Waals surface area (Å²) in [7, 11) is 2.14. The first kappa shape index (κ1) is 6.66. The van der Waals surface area contributed by atoms with Crippen molar-refractivity contribution in [2.45, 2.75) is 26.3 Å². The van der Waals surface area contributed by atoms with Crippen molar-refractivity contribution in [1.29, 1.82) is 0 Å². The second-order valence-corrected chi connectivity index (χ2v) is 2.82. The summed E-state index contributed by atoms with van der Waals surface area (Å²) in [5, 5.41) is 0. The Morgan fingerprint density at radius 1 is 1.56 bits per heavy atom. The van der Waals surface area contributed by atoms with Crippen molar-refractivity contribution in [3.63, 3.8) is 0 Å². The van der Waals surface area contributed by atoms with Crippen LogP contribution in [0, 0.1) is 5.92 Å². The van der Waals surface area contributed by atoms with E-state index in [1.54, 1.807) is 0 Å². The van der Waals surface area contributed by atoms with E-state index in [9.17, 15) is 0 Å². The summed E-state index contributed by atoms with van der Waals surface area (Å²) in [5.41, 5.74) is 0. The van der Waals surface area contributed by atoms with Gasteiger partial charge in [-0.05, 0) is 25.5 Å². The molecule has 2 unspecified atom stereocenters. The van der Waals surface area contributed by atoms with Crippen molar-refractivity contribution >= 4 is 0 Å². The highest BCUT2D eigenvalue weighted by Crippen LogP contribution is 2.21. The topological polar surface area (TPSA) is 3.24 Å². The summed E-state index contributed by atoms with van der Waals surface area (Å²) in [6.07, 6.45) is 5.74. The van der Waals surface area contributed by atoms with Crippen LogP contribution in [0.5, 0.6) is 0 Å². The van der Waals surface area contributed by atoms with Gasteiger partial charge in [-0.15, -0.1) is 0 Å². The molecular formula is C8H15N. The van der Waals surface area contributed by atoms with Crippen LogP contribution in [0.2, 0.25) is 0 Å². The molecule has 2 atom stereocenters. The predicted octanol–water partition coefficient (Wildman–Crippen LogP) is 1.86. The molecule has 0 aromatic rings. The standard InChI is InChI=1S/C8H15N/c1-4-8-5-6-9(3)7(8)2/h5-8H,4H2,1-3H3. The van der Waals surface area contributed by atoms with Crippen molar-refractivity contribution in [3.05, 3.63) is 12.3 Å². The molecule has 1 aliphatic heterocycles. The van der Waals surface area contributed by atoms with E-state index in [2.05, 4.69) is 38.1 Å². The lowest BCUT2D eigenvalue weighted by atomic mass is 10.0. The second kappa shape index (κ2) is 2.42. The highest BCUT2D eigenvalue weighted by molar-refractivity contribution is 5.00. The number of rotatable bonds is 1. The minimum absolute atomic E-state index is 0.718. The van der Waals surface area contributed by atoms with Crippen LogP contribution in [0.1, 0.15) is 20.3 Å². The zero-order valence-electron chi connectivity index (χ0n) is 6.46. The van der Waals surface area contributed by atoms with Gasteiger partial charge in [0.15, 0.2) is 0 Å². The minimum atomic E-state index is 0.718. The quantitative estimate of drug-likeness (QED) is 0.517. The smallest absolute Gasteiger partial charge is 0.0316 e. The van der Waals surface area contributed by atoms with Crippen molar-refractivity contribution in [3.8, 4) is 0 Å². The first-order valence-electron chi connectivity index (χ1n) is 3.66. The Morgan fingerprint density at radius 2 is 2.22 bits per heavy atom. The summed E-state index contributed by atoms with van der Waals surface area (Å²) >= 11 is 0. The van der Waals surface area contributed by atoms with E-state index in [-0.39, 0.29) is 0 Å². The zero-order chi connectivity index (χ0) is 6.85. The van der Waals surface area contributed by atoms with E-state index in [1.165, 1.54) is 6.42 Å². The Labute approximate surface area is 57.4 Å². The van der Waals surface area contributed by atoms with Crippen LogP contribution in [-0.4, -0.2) is 18.0 Å². The Kier molecular flexibility index (Phi) is 1.79. The second-order valence-electron chi connectivity index (χ2n) is 2.82. The molecule has 0 spiro atoms. The summed E-state index contributed by atoms with van der Waals surface area (Å²) in [4.78, 5) is 2.27. The molecule has 0 aromatic heterocycles. The highest BCUT2D eigenvalue weighted by Gasteiger charge is 2.19. The molecule has 52 valence electrons. The van der Waals surface area contributed by atoms with Crippen molar-refractivity contribution in [2.75, 3.05) is 7.05 Å². The van der Waals surface area contributed by atoms with Gasteiger partial charge in [0.2, 0.25) is 0 Å². The van der Waals surface area contributed by atoms with Gasteiger partial charge < -0.3 is 4.90 Å². The normalized spacial score (nSPS) is 33.9. The molecule has 0 bridgehead atoms. The van der Waals surface area contributed by atoms with E-state index in [1.807, 2.05) is 0 Å². The number of nitrogens with zero attached hydrogens (tertiary/aromatic N) is 1. The fourth-order valence-corrected chi connectivity index (χ4v) is 1.32. The third-order valence-electron chi connectivity index (χ3n) is 2.30. The monoisotopic (exact) mass is 125 g/mol. The molecule has 0 aromatic carbocycles. The first-order chi connectivity index (χ1) is 4.25. The van der Waals surface area contributed by atoms with Crippen molar-refractivity contribution in [1.82, 2.24) is 4.90 Å².